The summed E-state index contributed by atoms with van der Waals surface area (Å²) in [5.74, 6) is 0. The average Bonchev–Trinajstić information content (AvgIpc) is 0.722. The maximum atomic E-state index is 7.33. The normalized spacial score (nSPS) is 8.57. The summed E-state index contributed by atoms with van der Waals surface area (Å²) in [5.41, 5.74) is 0. The first kappa shape index (κ1) is 16.4. The van der Waals surface area contributed by atoms with E-state index in [9.17, 15) is 0 Å². The largest absolute Gasteiger partial charge is 0 e. The standard InChI is InChI=1S/Ba.H4O4Si.Y.2H/c;1-5(2,3)4;;;/h;1-4H;;;. The maximum Gasteiger partial charge on any atom is 0 e. The molecule has 0 heterocycles. The zero-order valence-corrected chi connectivity index (χ0v) is 6.70. The Labute approximate surface area is 107 Å². The second-order valence-electron chi connectivity index (χ2n) is 0.600. The van der Waals surface area contributed by atoms with Gasteiger partial charge in [0.05, 0.1) is 0 Å². The van der Waals surface area contributed by atoms with Crippen LogP contribution in [0.1, 0.15) is 0 Å². The quantitative estimate of drug-likeness (QED) is 0.348. The molecule has 0 amide bonds. The Morgan fingerprint density at radius 3 is 0.857 bits per heavy atom. The van der Waals surface area contributed by atoms with E-state index in [2.05, 4.69) is 0 Å². The maximum absolute atomic E-state index is 7.33. The summed E-state index contributed by atoms with van der Waals surface area (Å²) < 4.78 is 0. The monoisotopic (exact) mass is 325 g/mol. The molecule has 0 aromatic heterocycles. The zero-order valence-electron chi connectivity index (χ0n) is 2.87. The van der Waals surface area contributed by atoms with Gasteiger partial charge in [-0.15, -0.1) is 0 Å². The molecule has 0 aliphatic heterocycles. The summed E-state index contributed by atoms with van der Waals surface area (Å²) in [4.78, 5) is 29.3. The van der Waals surface area contributed by atoms with E-state index < -0.39 is 9.05 Å². The van der Waals surface area contributed by atoms with E-state index in [0.29, 0.717) is 0 Å². The van der Waals surface area contributed by atoms with Crippen LogP contribution in [0, 0.1) is 0 Å². The van der Waals surface area contributed by atoms with Gasteiger partial charge < -0.3 is 19.2 Å². The van der Waals surface area contributed by atoms with E-state index >= 15 is 0 Å². The van der Waals surface area contributed by atoms with E-state index in [4.69, 9.17) is 19.2 Å². The van der Waals surface area contributed by atoms with E-state index in [1.165, 1.54) is 0 Å². The summed E-state index contributed by atoms with van der Waals surface area (Å²) >= 11 is 0. The van der Waals surface area contributed by atoms with Crippen LogP contribution in [0.4, 0.5) is 0 Å². The van der Waals surface area contributed by atoms with Crippen LogP contribution in [0.2, 0.25) is 0 Å². The summed E-state index contributed by atoms with van der Waals surface area (Å²) in [6, 6.07) is 0. The molecule has 0 rings (SSSR count). The summed E-state index contributed by atoms with van der Waals surface area (Å²) in [7, 11) is -4.61. The Hall–Kier alpha value is 2.73. The molecule has 0 saturated carbocycles. The molecule has 1 radical (unpaired) electrons. The van der Waals surface area contributed by atoms with Crippen LogP contribution in [0.15, 0.2) is 0 Å². The van der Waals surface area contributed by atoms with Crippen molar-refractivity contribution >= 4 is 57.9 Å². The molecule has 0 aliphatic rings. The van der Waals surface area contributed by atoms with Crippen LogP contribution in [-0.4, -0.2) is 77.1 Å². The van der Waals surface area contributed by atoms with Crippen LogP contribution < -0.4 is 0 Å². The Morgan fingerprint density at radius 2 is 0.857 bits per heavy atom. The molecular weight excluding hydrogens is 318 g/mol. The van der Waals surface area contributed by atoms with Crippen molar-refractivity contribution in [3.05, 3.63) is 0 Å². The van der Waals surface area contributed by atoms with Gasteiger partial charge in [0, 0.05) is 32.7 Å². The fourth-order valence-corrected chi connectivity index (χ4v) is 0. The molecule has 0 aromatic rings. The van der Waals surface area contributed by atoms with Crippen molar-refractivity contribution in [1.29, 1.82) is 0 Å². The molecule has 0 saturated heterocycles. The predicted molar refractivity (Wildman–Crippen MR) is 23.2 cm³/mol. The van der Waals surface area contributed by atoms with Crippen molar-refractivity contribution in [2.24, 2.45) is 0 Å². The third kappa shape index (κ3) is 53.0. The van der Waals surface area contributed by atoms with Gasteiger partial charge in [0.2, 0.25) is 0 Å². The van der Waals surface area contributed by atoms with Crippen LogP contribution in [0.25, 0.3) is 0 Å². The molecule has 0 bridgehead atoms. The van der Waals surface area contributed by atoms with Crippen LogP contribution in [0.3, 0.4) is 0 Å². The number of hydrogen-bond acceptors (Lipinski definition) is 4. The van der Waals surface area contributed by atoms with Gasteiger partial charge in [0.15, 0.2) is 0 Å². The van der Waals surface area contributed by atoms with Crippen molar-refractivity contribution in [3.63, 3.8) is 0 Å². The Kier molecular flexibility index (Phi) is 16.0. The molecule has 0 spiro atoms. The fraction of sp³-hybridized carbons (Fsp3) is 0. The minimum Gasteiger partial charge on any atom is 0 e. The molecule has 0 aliphatic carbocycles. The Bertz CT molecular complexity index is 27.2. The van der Waals surface area contributed by atoms with Crippen molar-refractivity contribution in [3.8, 4) is 0 Å². The third-order valence-corrected chi connectivity index (χ3v) is 0. The van der Waals surface area contributed by atoms with Crippen LogP contribution in [-0.2, 0) is 32.7 Å². The van der Waals surface area contributed by atoms with Crippen molar-refractivity contribution < 1.29 is 51.9 Å². The fourth-order valence-electron chi connectivity index (χ4n) is 0. The second-order valence-corrected chi connectivity index (χ2v) is 1.80. The molecule has 0 atom stereocenters. The number of rotatable bonds is 0. The van der Waals surface area contributed by atoms with E-state index in [0.717, 1.165) is 0 Å². The minimum atomic E-state index is -4.61. The average molecular weight is 324 g/mol. The van der Waals surface area contributed by atoms with Gasteiger partial charge in [-0.05, 0) is 0 Å². The molecular formula is H6BaO4SiY. The van der Waals surface area contributed by atoms with Crippen molar-refractivity contribution in [2.45, 2.75) is 0 Å². The smallest absolute Gasteiger partial charge is 0 e. The molecule has 7 heteroatoms. The molecule has 39 valence electrons. The molecule has 0 unspecified atom stereocenters. The van der Waals surface area contributed by atoms with Gasteiger partial charge in [-0.2, -0.15) is 0 Å². The summed E-state index contributed by atoms with van der Waals surface area (Å²) in [6.45, 7) is 0. The first-order valence-corrected chi connectivity index (χ1v) is 2.68. The van der Waals surface area contributed by atoms with Crippen LogP contribution in [0.5, 0.6) is 0 Å². The first-order valence-electron chi connectivity index (χ1n) is 0.894. The van der Waals surface area contributed by atoms with Gasteiger partial charge >= 0.3 is 57.9 Å². The van der Waals surface area contributed by atoms with Crippen molar-refractivity contribution in [2.75, 3.05) is 0 Å². The van der Waals surface area contributed by atoms with E-state index in [-0.39, 0.29) is 81.6 Å². The molecule has 7 heavy (non-hydrogen) atoms. The molecule has 4 N–H and O–H groups in total. The summed E-state index contributed by atoms with van der Waals surface area (Å²) in [6.07, 6.45) is 0. The number of hydrogen-bond donors (Lipinski definition) is 4. The second kappa shape index (κ2) is 6.85. The van der Waals surface area contributed by atoms with Gasteiger partial charge in [0.1, 0.15) is 0 Å². The molecule has 0 aromatic carbocycles. The van der Waals surface area contributed by atoms with Crippen LogP contribution >= 0.6 is 0 Å². The zero-order chi connectivity index (χ0) is 4.50. The molecule has 0 fully saturated rings. The Morgan fingerprint density at radius 1 is 0.857 bits per heavy atom. The van der Waals surface area contributed by atoms with Gasteiger partial charge in [-0.25, -0.2) is 0 Å². The Balaban J connectivity index is -0.0000000800. The van der Waals surface area contributed by atoms with Gasteiger partial charge in [-0.3, -0.25) is 0 Å². The summed E-state index contributed by atoms with van der Waals surface area (Å²) in [5, 5.41) is 0. The van der Waals surface area contributed by atoms with Gasteiger partial charge in [0.25, 0.3) is 0 Å². The SMILES string of the molecule is O[Si](O)(O)O.[BaH2].[Y]. The van der Waals surface area contributed by atoms with E-state index in [1.807, 2.05) is 0 Å². The molecule has 4 nitrogen and oxygen atoms in total. The van der Waals surface area contributed by atoms with E-state index in [1.54, 1.807) is 0 Å². The third-order valence-electron chi connectivity index (χ3n) is 0. The predicted octanol–water partition coefficient (Wildman–Crippen LogP) is -3.53. The topological polar surface area (TPSA) is 80.9 Å². The van der Waals surface area contributed by atoms with Crippen molar-refractivity contribution in [1.82, 2.24) is 0 Å². The van der Waals surface area contributed by atoms with Gasteiger partial charge in [-0.1, -0.05) is 0 Å². The first-order chi connectivity index (χ1) is 2.00. The minimum absolute atomic E-state index is 0.